The predicted octanol–water partition coefficient (Wildman–Crippen LogP) is 4.15. The van der Waals surface area contributed by atoms with Crippen LogP contribution in [0.2, 0.25) is 0 Å². The second-order valence-electron chi connectivity index (χ2n) is 9.04. The molecule has 200 valence electrons. The first-order chi connectivity index (χ1) is 18.7. The van der Waals surface area contributed by atoms with Gasteiger partial charge in [-0.25, -0.2) is 0 Å². The van der Waals surface area contributed by atoms with E-state index in [1.54, 1.807) is 31.4 Å². The molecule has 1 heterocycles. The Labute approximate surface area is 230 Å². The Kier molecular flexibility index (Phi) is 8.26. The highest BCUT2D eigenvalue weighted by atomic mass is 32.1. The molecule has 0 aliphatic carbocycles. The molecule has 9 nitrogen and oxygen atoms in total. The largest absolute Gasteiger partial charge is 0.497 e. The normalized spacial score (nSPS) is 11.5. The number of aryl methyl sites for hydroxylation is 2. The van der Waals surface area contributed by atoms with Crippen LogP contribution >= 0.6 is 11.5 Å². The van der Waals surface area contributed by atoms with Crippen LogP contribution in [0.25, 0.3) is 0 Å². The Balaban J connectivity index is 1.86. The van der Waals surface area contributed by atoms with E-state index in [1.165, 1.54) is 4.90 Å². The van der Waals surface area contributed by atoms with Crippen molar-refractivity contribution < 1.29 is 19.1 Å². The molecule has 5 N–H and O–H groups in total. The van der Waals surface area contributed by atoms with Gasteiger partial charge in [0.1, 0.15) is 16.7 Å². The van der Waals surface area contributed by atoms with Crippen LogP contribution in [0.1, 0.15) is 48.5 Å². The Morgan fingerprint density at radius 1 is 1.00 bits per heavy atom. The number of nitrogens with one attached hydrogen (secondary N) is 1. The van der Waals surface area contributed by atoms with Gasteiger partial charge in [-0.2, -0.15) is 4.37 Å². The number of hydrogen-bond donors (Lipinski definition) is 3. The van der Waals surface area contributed by atoms with E-state index in [4.69, 9.17) is 16.2 Å². The molecular weight excluding hydrogens is 514 g/mol. The van der Waals surface area contributed by atoms with E-state index < -0.39 is 23.8 Å². The lowest BCUT2D eigenvalue weighted by atomic mass is 10.0. The number of ether oxygens (including phenoxy) is 1. The summed E-state index contributed by atoms with van der Waals surface area (Å²) in [6.45, 7) is 4.07. The summed E-state index contributed by atoms with van der Waals surface area (Å²) in [5, 5.41) is 2.97. The summed E-state index contributed by atoms with van der Waals surface area (Å²) in [6, 6.07) is 20.9. The van der Waals surface area contributed by atoms with Crippen LogP contribution in [0.15, 0.2) is 72.8 Å². The van der Waals surface area contributed by atoms with E-state index in [0.717, 1.165) is 28.2 Å². The Bertz CT molecular complexity index is 1480. The number of methoxy groups -OCH3 is 1. The van der Waals surface area contributed by atoms with Crippen LogP contribution in [0, 0.1) is 13.8 Å². The van der Waals surface area contributed by atoms with Gasteiger partial charge >= 0.3 is 0 Å². The van der Waals surface area contributed by atoms with E-state index >= 15 is 0 Å². The molecule has 4 rings (SSSR count). The van der Waals surface area contributed by atoms with Crippen molar-refractivity contribution in [1.82, 2.24) is 9.69 Å². The van der Waals surface area contributed by atoms with E-state index in [0.29, 0.717) is 17.0 Å². The fraction of sp³-hybridized carbons (Fsp3) is 0.172. The van der Waals surface area contributed by atoms with E-state index in [9.17, 15) is 14.4 Å². The summed E-state index contributed by atoms with van der Waals surface area (Å²) in [6.07, 6.45) is 0. The standard InChI is InChI=1S/C29H29N5O4S/c1-17-13-18(2)15-21(14-17)34(29(37)26-23(30)24(27(31)35)33-39-26)25(20-9-11-22(38-3)12-10-20)28(36)32-16-19-7-5-4-6-8-19/h4-15,25H,16,30H2,1-3H3,(H2,31,35)(H,32,36)/t25-/m1/s1. The van der Waals surface area contributed by atoms with E-state index in [2.05, 4.69) is 9.69 Å². The highest BCUT2D eigenvalue weighted by Gasteiger charge is 2.36. The van der Waals surface area contributed by atoms with Gasteiger partial charge < -0.3 is 21.5 Å². The highest BCUT2D eigenvalue weighted by molar-refractivity contribution is 7.09. The first-order valence-corrected chi connectivity index (χ1v) is 12.9. The van der Waals surface area contributed by atoms with Crippen LogP contribution in [0.5, 0.6) is 5.75 Å². The summed E-state index contributed by atoms with van der Waals surface area (Å²) in [5.74, 6) is -1.23. The van der Waals surface area contributed by atoms with Crippen LogP contribution in [0.4, 0.5) is 11.4 Å². The van der Waals surface area contributed by atoms with Crippen LogP contribution in [-0.4, -0.2) is 29.2 Å². The number of carbonyl (C=O) groups excluding carboxylic acids is 3. The van der Waals surface area contributed by atoms with Crippen molar-refractivity contribution in [2.75, 3.05) is 17.7 Å². The third-order valence-corrected chi connectivity index (χ3v) is 6.96. The number of primary amides is 1. The number of nitrogens with two attached hydrogens (primary N) is 2. The molecule has 0 spiro atoms. The zero-order valence-electron chi connectivity index (χ0n) is 21.8. The van der Waals surface area contributed by atoms with Crippen LogP contribution < -0.4 is 26.4 Å². The van der Waals surface area contributed by atoms with E-state index in [-0.39, 0.29) is 22.8 Å². The second-order valence-corrected chi connectivity index (χ2v) is 9.81. The fourth-order valence-corrected chi connectivity index (χ4v) is 5.04. The van der Waals surface area contributed by atoms with Crippen molar-refractivity contribution in [3.8, 4) is 5.75 Å². The smallest absolute Gasteiger partial charge is 0.273 e. The van der Waals surface area contributed by atoms with Crippen LogP contribution in [-0.2, 0) is 11.3 Å². The molecule has 4 aromatic rings. The summed E-state index contributed by atoms with van der Waals surface area (Å²) in [4.78, 5) is 41.4. The predicted molar refractivity (Wildman–Crippen MR) is 152 cm³/mol. The molecule has 10 heteroatoms. The van der Waals surface area contributed by atoms with Gasteiger partial charge in [-0.05, 0) is 71.9 Å². The quantitative estimate of drug-likeness (QED) is 0.290. The van der Waals surface area contributed by atoms with Gasteiger partial charge in [0.15, 0.2) is 5.69 Å². The van der Waals surface area contributed by atoms with Gasteiger partial charge in [0, 0.05) is 12.2 Å². The highest BCUT2D eigenvalue weighted by Crippen LogP contribution is 2.34. The van der Waals surface area contributed by atoms with Crippen molar-refractivity contribution in [3.63, 3.8) is 0 Å². The molecule has 0 aliphatic rings. The molecule has 3 aromatic carbocycles. The van der Waals surface area contributed by atoms with E-state index in [1.807, 2.05) is 62.4 Å². The number of nitrogen functional groups attached to an aromatic ring is 1. The maximum absolute atomic E-state index is 14.2. The number of hydrogen-bond acceptors (Lipinski definition) is 7. The van der Waals surface area contributed by atoms with Crippen molar-refractivity contribution in [1.29, 1.82) is 0 Å². The van der Waals surface area contributed by atoms with Crippen molar-refractivity contribution in [2.45, 2.75) is 26.4 Å². The molecule has 0 saturated heterocycles. The van der Waals surface area contributed by atoms with Crippen LogP contribution in [0.3, 0.4) is 0 Å². The minimum Gasteiger partial charge on any atom is -0.497 e. The number of anilines is 2. The SMILES string of the molecule is COc1ccc([C@H](C(=O)NCc2ccccc2)N(C(=O)c2snc(C(N)=O)c2N)c2cc(C)cc(C)c2)cc1. The zero-order chi connectivity index (χ0) is 28.1. The first kappa shape index (κ1) is 27.3. The molecule has 0 bridgehead atoms. The van der Waals surface area contributed by atoms with Crippen molar-refractivity contribution in [3.05, 3.63) is 106 Å². The summed E-state index contributed by atoms with van der Waals surface area (Å²) in [5.41, 5.74) is 15.0. The molecular formula is C29H29N5O4S. The van der Waals surface area contributed by atoms with Gasteiger partial charge in [-0.15, -0.1) is 0 Å². The monoisotopic (exact) mass is 543 g/mol. The Morgan fingerprint density at radius 3 is 2.21 bits per heavy atom. The fourth-order valence-electron chi connectivity index (χ4n) is 4.30. The lowest BCUT2D eigenvalue weighted by molar-refractivity contribution is -0.122. The molecule has 3 amide bonds. The number of amides is 3. The van der Waals surface area contributed by atoms with Gasteiger partial charge in [0.2, 0.25) is 5.91 Å². The molecule has 0 fully saturated rings. The first-order valence-electron chi connectivity index (χ1n) is 12.1. The third kappa shape index (κ3) is 6.07. The molecule has 0 unspecified atom stereocenters. The minimum absolute atomic E-state index is 0.0114. The average Bonchev–Trinajstić information content (AvgIpc) is 3.31. The molecule has 1 atom stereocenters. The number of carbonyl (C=O) groups is 3. The third-order valence-electron chi connectivity index (χ3n) is 6.11. The molecule has 0 aliphatic heterocycles. The number of rotatable bonds is 9. The van der Waals surface area contributed by atoms with Crippen molar-refractivity contribution in [2.24, 2.45) is 5.73 Å². The number of nitrogens with zero attached hydrogens (tertiary/aromatic N) is 2. The molecule has 0 saturated carbocycles. The lowest BCUT2D eigenvalue weighted by Gasteiger charge is -2.32. The average molecular weight is 544 g/mol. The summed E-state index contributed by atoms with van der Waals surface area (Å²) < 4.78 is 9.30. The molecule has 1 aromatic heterocycles. The van der Waals surface area contributed by atoms with Gasteiger partial charge in [0.05, 0.1) is 12.8 Å². The van der Waals surface area contributed by atoms with Gasteiger partial charge in [0.25, 0.3) is 11.8 Å². The topological polar surface area (TPSA) is 141 Å². The van der Waals surface area contributed by atoms with Gasteiger partial charge in [-0.3, -0.25) is 19.3 Å². The minimum atomic E-state index is -1.09. The molecule has 39 heavy (non-hydrogen) atoms. The molecule has 0 radical (unpaired) electrons. The maximum Gasteiger partial charge on any atom is 0.273 e. The summed E-state index contributed by atoms with van der Waals surface area (Å²) in [7, 11) is 1.55. The lowest BCUT2D eigenvalue weighted by Crippen LogP contribution is -2.44. The summed E-state index contributed by atoms with van der Waals surface area (Å²) >= 11 is 0.766. The Hall–Kier alpha value is -4.70. The van der Waals surface area contributed by atoms with Crippen molar-refractivity contribution >= 4 is 40.6 Å². The number of aromatic nitrogens is 1. The van der Waals surface area contributed by atoms with Gasteiger partial charge in [-0.1, -0.05) is 48.5 Å². The maximum atomic E-state index is 14.2. The zero-order valence-corrected chi connectivity index (χ0v) is 22.6. The Morgan fingerprint density at radius 2 is 1.64 bits per heavy atom. The second kappa shape index (κ2) is 11.8. The number of benzene rings is 3.